The molecule has 0 saturated carbocycles. The molecule has 19 heavy (non-hydrogen) atoms. The van der Waals surface area contributed by atoms with Crippen molar-refractivity contribution in [2.24, 2.45) is 0 Å². The molecular weight excluding hydrogens is 264 g/mol. The normalized spacial score (nSPS) is 10.8. The maximum atomic E-state index is 5.87. The summed E-state index contributed by atoms with van der Waals surface area (Å²) < 4.78 is 6.86. The second-order valence-corrected chi connectivity index (χ2v) is 4.57. The van der Waals surface area contributed by atoms with Crippen LogP contribution in [0.15, 0.2) is 30.6 Å². The van der Waals surface area contributed by atoms with Crippen LogP contribution in [0.25, 0.3) is 0 Å². The molecule has 0 aliphatic carbocycles. The van der Waals surface area contributed by atoms with Crippen LogP contribution in [0.4, 0.5) is 0 Å². The highest BCUT2D eigenvalue weighted by molar-refractivity contribution is 6.30. The third kappa shape index (κ3) is 4.31. The largest absolute Gasteiger partial charge is 0.383 e. The van der Waals surface area contributed by atoms with Gasteiger partial charge in [-0.1, -0.05) is 23.7 Å². The van der Waals surface area contributed by atoms with Gasteiger partial charge in [-0.2, -0.15) is 5.10 Å². The minimum Gasteiger partial charge on any atom is -0.383 e. The highest BCUT2D eigenvalue weighted by atomic mass is 35.5. The van der Waals surface area contributed by atoms with Gasteiger partial charge >= 0.3 is 0 Å². The summed E-state index contributed by atoms with van der Waals surface area (Å²) in [6.07, 6.45) is 1.57. The van der Waals surface area contributed by atoms with Gasteiger partial charge in [-0.15, -0.1) is 0 Å². The van der Waals surface area contributed by atoms with Crippen molar-refractivity contribution in [1.82, 2.24) is 20.1 Å². The minimum atomic E-state index is 0.678. The molecule has 0 spiro atoms. The summed E-state index contributed by atoms with van der Waals surface area (Å²) in [6.45, 7) is 2.85. The van der Waals surface area contributed by atoms with E-state index < -0.39 is 0 Å². The van der Waals surface area contributed by atoms with Crippen LogP contribution >= 0.6 is 11.6 Å². The Labute approximate surface area is 117 Å². The number of aromatic nitrogens is 3. The van der Waals surface area contributed by atoms with E-state index in [4.69, 9.17) is 16.3 Å². The van der Waals surface area contributed by atoms with Gasteiger partial charge in [0.2, 0.25) is 0 Å². The van der Waals surface area contributed by atoms with E-state index in [2.05, 4.69) is 15.4 Å². The van der Waals surface area contributed by atoms with Crippen LogP contribution in [0.3, 0.4) is 0 Å². The predicted octanol–water partition coefficient (Wildman–Crippen LogP) is 1.72. The number of halogens is 1. The molecule has 102 valence electrons. The van der Waals surface area contributed by atoms with Crippen molar-refractivity contribution in [3.8, 4) is 0 Å². The monoisotopic (exact) mass is 280 g/mol. The fraction of sp³-hybridized carbons (Fsp3) is 0.385. The van der Waals surface area contributed by atoms with E-state index in [9.17, 15) is 0 Å². The Morgan fingerprint density at radius 3 is 2.84 bits per heavy atom. The number of nitrogens with one attached hydrogen (secondary N) is 1. The van der Waals surface area contributed by atoms with Crippen LogP contribution in [0, 0.1) is 0 Å². The summed E-state index contributed by atoms with van der Waals surface area (Å²) in [5.41, 5.74) is 1.15. The first-order valence-electron chi connectivity index (χ1n) is 6.10. The molecule has 0 amide bonds. The standard InChI is InChI=1S/C13H17ClN4O/c1-19-7-6-15-8-13-16-10-17-18(13)9-11-2-4-12(14)5-3-11/h2-5,10,15H,6-9H2,1H3. The molecule has 0 radical (unpaired) electrons. The van der Waals surface area contributed by atoms with Gasteiger partial charge in [-0.25, -0.2) is 9.67 Å². The molecule has 2 rings (SSSR count). The Bertz CT molecular complexity index is 498. The summed E-state index contributed by atoms with van der Waals surface area (Å²) in [7, 11) is 1.69. The lowest BCUT2D eigenvalue weighted by molar-refractivity contribution is 0.198. The van der Waals surface area contributed by atoms with Crippen molar-refractivity contribution in [3.05, 3.63) is 47.0 Å². The molecule has 5 nitrogen and oxygen atoms in total. The van der Waals surface area contributed by atoms with Gasteiger partial charge in [0.1, 0.15) is 12.2 Å². The highest BCUT2D eigenvalue weighted by Crippen LogP contribution is 2.10. The number of methoxy groups -OCH3 is 1. The molecule has 1 heterocycles. The minimum absolute atomic E-state index is 0.678. The first kappa shape index (κ1) is 14.0. The lowest BCUT2D eigenvalue weighted by Gasteiger charge is -2.07. The van der Waals surface area contributed by atoms with E-state index in [-0.39, 0.29) is 0 Å². The van der Waals surface area contributed by atoms with Gasteiger partial charge in [-0.05, 0) is 17.7 Å². The summed E-state index contributed by atoms with van der Waals surface area (Å²) >= 11 is 5.87. The maximum absolute atomic E-state index is 5.87. The number of hydrogen-bond donors (Lipinski definition) is 1. The van der Waals surface area contributed by atoms with E-state index in [0.29, 0.717) is 19.7 Å². The molecule has 0 saturated heterocycles. The molecule has 1 N–H and O–H groups in total. The van der Waals surface area contributed by atoms with Gasteiger partial charge in [-0.3, -0.25) is 0 Å². The van der Waals surface area contributed by atoms with Gasteiger partial charge < -0.3 is 10.1 Å². The Balaban J connectivity index is 1.93. The van der Waals surface area contributed by atoms with Gasteiger partial charge in [0.25, 0.3) is 0 Å². The molecule has 0 bridgehead atoms. The molecule has 2 aromatic rings. The fourth-order valence-electron chi connectivity index (χ4n) is 1.69. The number of rotatable bonds is 7. The first-order valence-corrected chi connectivity index (χ1v) is 6.48. The fourth-order valence-corrected chi connectivity index (χ4v) is 1.82. The van der Waals surface area contributed by atoms with Crippen LogP contribution in [-0.2, 0) is 17.8 Å². The van der Waals surface area contributed by atoms with Crippen molar-refractivity contribution < 1.29 is 4.74 Å². The zero-order valence-electron chi connectivity index (χ0n) is 10.8. The second-order valence-electron chi connectivity index (χ2n) is 4.13. The molecule has 0 aliphatic heterocycles. The van der Waals surface area contributed by atoms with Crippen LogP contribution in [0.5, 0.6) is 0 Å². The van der Waals surface area contributed by atoms with E-state index in [1.54, 1.807) is 13.4 Å². The van der Waals surface area contributed by atoms with Gasteiger partial charge in [0.15, 0.2) is 0 Å². The van der Waals surface area contributed by atoms with Crippen LogP contribution < -0.4 is 5.32 Å². The summed E-state index contributed by atoms with van der Waals surface area (Å²) in [5, 5.41) is 8.23. The van der Waals surface area contributed by atoms with Crippen LogP contribution in [-0.4, -0.2) is 35.0 Å². The van der Waals surface area contributed by atoms with Crippen molar-refractivity contribution in [1.29, 1.82) is 0 Å². The topological polar surface area (TPSA) is 52.0 Å². The number of ether oxygens (including phenoxy) is 1. The average Bonchev–Trinajstić information content (AvgIpc) is 2.85. The third-order valence-electron chi connectivity index (χ3n) is 2.71. The molecule has 0 unspecified atom stereocenters. The average molecular weight is 281 g/mol. The maximum Gasteiger partial charge on any atom is 0.141 e. The molecular formula is C13H17ClN4O. The Kier molecular flexibility index (Phi) is 5.32. The summed E-state index contributed by atoms with van der Waals surface area (Å²) in [6, 6.07) is 7.74. The van der Waals surface area contributed by atoms with Gasteiger partial charge in [0.05, 0.1) is 19.7 Å². The summed E-state index contributed by atoms with van der Waals surface area (Å²) in [5.74, 6) is 0.908. The quantitative estimate of drug-likeness (QED) is 0.785. The van der Waals surface area contributed by atoms with Gasteiger partial charge in [0, 0.05) is 18.7 Å². The Hall–Kier alpha value is -1.43. The SMILES string of the molecule is COCCNCc1ncnn1Cc1ccc(Cl)cc1. The van der Waals surface area contributed by atoms with Crippen molar-refractivity contribution in [2.75, 3.05) is 20.3 Å². The van der Waals surface area contributed by atoms with E-state index in [1.807, 2.05) is 28.9 Å². The van der Waals surface area contributed by atoms with E-state index in [0.717, 1.165) is 23.0 Å². The zero-order valence-corrected chi connectivity index (χ0v) is 11.6. The third-order valence-corrected chi connectivity index (χ3v) is 2.96. The zero-order chi connectivity index (χ0) is 13.5. The van der Waals surface area contributed by atoms with Crippen LogP contribution in [0.2, 0.25) is 5.02 Å². The molecule has 0 aliphatic rings. The summed E-state index contributed by atoms with van der Waals surface area (Å²) in [4.78, 5) is 4.25. The lowest BCUT2D eigenvalue weighted by atomic mass is 10.2. The van der Waals surface area contributed by atoms with E-state index in [1.165, 1.54) is 0 Å². The van der Waals surface area contributed by atoms with Crippen molar-refractivity contribution >= 4 is 11.6 Å². The van der Waals surface area contributed by atoms with E-state index >= 15 is 0 Å². The molecule has 0 fully saturated rings. The van der Waals surface area contributed by atoms with Crippen molar-refractivity contribution in [2.45, 2.75) is 13.1 Å². The first-order chi connectivity index (χ1) is 9.29. The van der Waals surface area contributed by atoms with Crippen molar-refractivity contribution in [3.63, 3.8) is 0 Å². The second kappa shape index (κ2) is 7.23. The lowest BCUT2D eigenvalue weighted by Crippen LogP contribution is -2.21. The number of nitrogens with zero attached hydrogens (tertiary/aromatic N) is 3. The Morgan fingerprint density at radius 2 is 2.11 bits per heavy atom. The number of hydrogen-bond acceptors (Lipinski definition) is 4. The molecule has 6 heteroatoms. The Morgan fingerprint density at radius 1 is 1.32 bits per heavy atom. The smallest absolute Gasteiger partial charge is 0.141 e. The van der Waals surface area contributed by atoms with Crippen LogP contribution in [0.1, 0.15) is 11.4 Å². The highest BCUT2D eigenvalue weighted by Gasteiger charge is 2.04. The predicted molar refractivity (Wildman–Crippen MR) is 74.2 cm³/mol. The number of benzene rings is 1. The molecule has 0 atom stereocenters. The molecule has 1 aromatic heterocycles. The molecule has 1 aromatic carbocycles.